The first kappa shape index (κ1) is 14.7. The molecule has 0 aliphatic carbocycles. The van der Waals surface area contributed by atoms with Crippen LogP contribution in [-0.2, 0) is 0 Å². The van der Waals surface area contributed by atoms with E-state index in [9.17, 15) is 13.2 Å². The fourth-order valence-electron chi connectivity index (χ4n) is 1.61. The second-order valence-corrected chi connectivity index (χ2v) is 5.51. The molecular formula is C13H6BrCl2F3. The van der Waals surface area contributed by atoms with E-state index < -0.39 is 22.8 Å². The quantitative estimate of drug-likeness (QED) is 0.460. The Bertz CT molecular complexity index is 632. The Balaban J connectivity index is 2.49. The van der Waals surface area contributed by atoms with Gasteiger partial charge >= 0.3 is 0 Å². The summed E-state index contributed by atoms with van der Waals surface area (Å²) in [6.45, 7) is 0. The first-order valence-electron chi connectivity index (χ1n) is 5.13. The largest absolute Gasteiger partial charge is 0.207 e. The lowest BCUT2D eigenvalue weighted by atomic mass is 10.0. The summed E-state index contributed by atoms with van der Waals surface area (Å²) in [5, 5.41) is -0.837. The Labute approximate surface area is 126 Å². The number of hydrogen-bond donors (Lipinski definition) is 0. The first-order chi connectivity index (χ1) is 8.90. The fourth-order valence-corrected chi connectivity index (χ4v) is 2.44. The third-order valence-electron chi connectivity index (χ3n) is 2.55. The Kier molecular flexibility index (Phi) is 4.43. The maximum atomic E-state index is 13.8. The highest BCUT2D eigenvalue weighted by molar-refractivity contribution is 9.10. The van der Waals surface area contributed by atoms with Crippen LogP contribution in [0, 0.1) is 17.5 Å². The molecule has 0 aliphatic heterocycles. The molecule has 0 saturated heterocycles. The second kappa shape index (κ2) is 5.73. The summed E-state index contributed by atoms with van der Waals surface area (Å²) in [5.41, 5.74) is 0.0146. The molecule has 6 heteroatoms. The summed E-state index contributed by atoms with van der Waals surface area (Å²) >= 11 is 15.0. The van der Waals surface area contributed by atoms with Gasteiger partial charge in [-0.15, -0.1) is 11.6 Å². The van der Waals surface area contributed by atoms with Crippen molar-refractivity contribution in [2.75, 3.05) is 0 Å². The molecule has 100 valence electrons. The molecule has 0 spiro atoms. The van der Waals surface area contributed by atoms with Crippen LogP contribution < -0.4 is 0 Å². The van der Waals surface area contributed by atoms with Crippen LogP contribution in [0.1, 0.15) is 16.5 Å². The van der Waals surface area contributed by atoms with Crippen LogP contribution in [0.25, 0.3) is 0 Å². The van der Waals surface area contributed by atoms with Crippen LogP contribution in [0.3, 0.4) is 0 Å². The Morgan fingerprint density at radius 2 is 1.58 bits per heavy atom. The van der Waals surface area contributed by atoms with E-state index in [0.29, 0.717) is 10.5 Å². The van der Waals surface area contributed by atoms with Crippen molar-refractivity contribution in [1.82, 2.24) is 0 Å². The van der Waals surface area contributed by atoms with Gasteiger partial charge in [-0.25, -0.2) is 13.2 Å². The molecule has 1 unspecified atom stereocenters. The molecule has 0 bridgehead atoms. The molecule has 0 N–H and O–H groups in total. The number of hydrogen-bond acceptors (Lipinski definition) is 0. The van der Waals surface area contributed by atoms with Gasteiger partial charge in [-0.3, -0.25) is 0 Å². The third kappa shape index (κ3) is 3.07. The SMILES string of the molecule is Fc1ccc(C(Cl)c2cc(Cl)c(Br)cc2F)c(F)c1. The Hall–Kier alpha value is -0.710. The number of rotatable bonds is 2. The second-order valence-electron chi connectivity index (χ2n) is 3.82. The average molecular weight is 370 g/mol. The zero-order valence-electron chi connectivity index (χ0n) is 9.23. The first-order valence-corrected chi connectivity index (χ1v) is 6.74. The Morgan fingerprint density at radius 1 is 0.947 bits per heavy atom. The predicted molar refractivity (Wildman–Crippen MR) is 73.2 cm³/mol. The van der Waals surface area contributed by atoms with E-state index in [0.717, 1.165) is 12.1 Å². The number of alkyl halides is 1. The van der Waals surface area contributed by atoms with E-state index in [2.05, 4.69) is 15.9 Å². The van der Waals surface area contributed by atoms with Crippen molar-refractivity contribution in [3.05, 3.63) is 68.4 Å². The van der Waals surface area contributed by atoms with Gasteiger partial charge in [0.05, 0.1) is 10.4 Å². The van der Waals surface area contributed by atoms with Gasteiger partial charge in [0, 0.05) is 21.7 Å². The summed E-state index contributed by atoms with van der Waals surface area (Å²) < 4.78 is 40.6. The molecule has 19 heavy (non-hydrogen) atoms. The third-order valence-corrected chi connectivity index (χ3v) is 4.22. The molecular weight excluding hydrogens is 364 g/mol. The molecule has 0 radical (unpaired) electrons. The smallest absolute Gasteiger partial charge is 0.131 e. The van der Waals surface area contributed by atoms with Crippen LogP contribution >= 0.6 is 39.1 Å². The van der Waals surface area contributed by atoms with Crippen molar-refractivity contribution in [2.24, 2.45) is 0 Å². The predicted octanol–water partition coefficient (Wildman–Crippen LogP) is 5.85. The summed E-state index contributed by atoms with van der Waals surface area (Å²) in [7, 11) is 0. The monoisotopic (exact) mass is 368 g/mol. The molecule has 2 rings (SSSR count). The Morgan fingerprint density at radius 3 is 2.21 bits per heavy atom. The van der Waals surface area contributed by atoms with Gasteiger partial charge in [-0.2, -0.15) is 0 Å². The molecule has 2 aromatic rings. The fraction of sp³-hybridized carbons (Fsp3) is 0.0769. The maximum Gasteiger partial charge on any atom is 0.131 e. The van der Waals surface area contributed by atoms with E-state index in [1.807, 2.05) is 0 Å². The zero-order valence-corrected chi connectivity index (χ0v) is 12.3. The lowest BCUT2D eigenvalue weighted by Gasteiger charge is -2.13. The van der Waals surface area contributed by atoms with Gasteiger partial charge in [0.25, 0.3) is 0 Å². The average Bonchev–Trinajstić information content (AvgIpc) is 2.33. The minimum absolute atomic E-state index is 0.0136. The number of halogens is 6. The summed E-state index contributed by atoms with van der Waals surface area (Å²) in [5.74, 6) is -2.18. The minimum Gasteiger partial charge on any atom is -0.207 e. The molecule has 0 amide bonds. The van der Waals surface area contributed by atoms with Crippen molar-refractivity contribution < 1.29 is 13.2 Å². The van der Waals surface area contributed by atoms with Crippen LogP contribution in [0.2, 0.25) is 5.02 Å². The molecule has 0 aliphatic rings. The van der Waals surface area contributed by atoms with Gasteiger partial charge in [0.1, 0.15) is 17.5 Å². The van der Waals surface area contributed by atoms with Gasteiger partial charge in [-0.1, -0.05) is 17.7 Å². The molecule has 2 aromatic carbocycles. The molecule has 0 fully saturated rings. The summed E-state index contributed by atoms with van der Waals surface area (Å²) in [6.07, 6.45) is 0. The van der Waals surface area contributed by atoms with Crippen molar-refractivity contribution in [2.45, 2.75) is 5.38 Å². The lowest BCUT2D eigenvalue weighted by Crippen LogP contribution is -2.01. The van der Waals surface area contributed by atoms with E-state index in [1.54, 1.807) is 0 Å². The standard InChI is InChI=1S/C13H6BrCl2F3/c14-9-5-12(19)8(4-10(9)15)13(16)7-2-1-6(17)3-11(7)18/h1-5,13H. The summed E-state index contributed by atoms with van der Waals surface area (Å²) in [6, 6.07) is 5.39. The van der Waals surface area contributed by atoms with Gasteiger partial charge in [0.2, 0.25) is 0 Å². The van der Waals surface area contributed by atoms with E-state index >= 15 is 0 Å². The van der Waals surface area contributed by atoms with Crippen LogP contribution in [0.5, 0.6) is 0 Å². The lowest BCUT2D eigenvalue weighted by molar-refractivity contribution is 0.569. The van der Waals surface area contributed by atoms with E-state index in [1.165, 1.54) is 12.1 Å². The molecule has 0 heterocycles. The van der Waals surface area contributed by atoms with E-state index in [4.69, 9.17) is 23.2 Å². The minimum atomic E-state index is -1.09. The van der Waals surface area contributed by atoms with Crippen LogP contribution in [-0.4, -0.2) is 0 Å². The topological polar surface area (TPSA) is 0 Å². The van der Waals surface area contributed by atoms with Gasteiger partial charge in [-0.05, 0) is 34.1 Å². The van der Waals surface area contributed by atoms with Crippen molar-refractivity contribution in [3.8, 4) is 0 Å². The molecule has 0 saturated carbocycles. The van der Waals surface area contributed by atoms with Gasteiger partial charge in [0.15, 0.2) is 0 Å². The van der Waals surface area contributed by atoms with Crippen LogP contribution in [0.15, 0.2) is 34.8 Å². The molecule has 1 atom stereocenters. The van der Waals surface area contributed by atoms with Crippen molar-refractivity contribution in [3.63, 3.8) is 0 Å². The van der Waals surface area contributed by atoms with Crippen molar-refractivity contribution in [1.29, 1.82) is 0 Å². The normalized spacial score (nSPS) is 12.5. The molecule has 0 nitrogen and oxygen atoms in total. The van der Waals surface area contributed by atoms with Crippen molar-refractivity contribution >= 4 is 39.1 Å². The highest BCUT2D eigenvalue weighted by atomic mass is 79.9. The zero-order chi connectivity index (χ0) is 14.2. The van der Waals surface area contributed by atoms with E-state index in [-0.39, 0.29) is 16.1 Å². The van der Waals surface area contributed by atoms with Gasteiger partial charge < -0.3 is 0 Å². The highest BCUT2D eigenvalue weighted by Crippen LogP contribution is 2.36. The summed E-state index contributed by atoms with van der Waals surface area (Å²) in [4.78, 5) is 0. The highest BCUT2D eigenvalue weighted by Gasteiger charge is 2.20. The van der Waals surface area contributed by atoms with Crippen LogP contribution in [0.4, 0.5) is 13.2 Å². The number of benzene rings is 2. The maximum absolute atomic E-state index is 13.8. The molecule has 0 aromatic heterocycles.